The molecule has 0 radical (unpaired) electrons. The van der Waals surface area contributed by atoms with Crippen LogP contribution in [-0.4, -0.2) is 38.5 Å². The van der Waals surface area contributed by atoms with Crippen molar-refractivity contribution < 1.29 is 24.2 Å². The molecule has 0 unspecified atom stereocenters. The third-order valence-corrected chi connectivity index (χ3v) is 6.86. The van der Waals surface area contributed by atoms with Gasteiger partial charge in [-0.15, -0.1) is 11.3 Å². The molecule has 2 aliphatic rings. The Morgan fingerprint density at radius 1 is 0.853 bits per heavy atom. The monoisotopic (exact) mass is 498 g/mol. The van der Waals surface area contributed by atoms with Crippen LogP contribution in [0.15, 0.2) is 53.9 Å². The molecule has 0 spiro atoms. The molecule has 13 heteroatoms. The van der Waals surface area contributed by atoms with Crippen LogP contribution in [0.3, 0.4) is 0 Å². The lowest BCUT2D eigenvalue weighted by molar-refractivity contribution is -0.384. The van der Waals surface area contributed by atoms with Gasteiger partial charge in [0.2, 0.25) is 0 Å². The Bertz CT molecular complexity index is 1420. The Kier molecular flexibility index (Phi) is 4.92. The normalized spacial score (nSPS) is 19.3. The number of nitro groups is 2. The number of nitro benzene ring substituents is 2. The minimum Gasteiger partial charge on any atom is -0.293 e. The van der Waals surface area contributed by atoms with E-state index >= 15 is 0 Å². The average Bonchev–Trinajstić information content (AvgIpc) is 3.41. The standard InChI is InChI=1S/C21H11ClN4O7S/c22-10-3-6-14(15(8-10)26(32)33)23-17(16-2-1-7-34-16)18(21(23)29)24-19(27)12-5-4-11(25(30)31)9-13(12)20(24)28/h1-9,17-18H/t17-,18-/m0/s1. The number of carbonyl (C=O) groups is 3. The Labute approximate surface area is 199 Å². The third kappa shape index (κ3) is 3.07. The maximum atomic E-state index is 13.4. The van der Waals surface area contributed by atoms with Crippen LogP contribution in [-0.2, 0) is 4.79 Å². The van der Waals surface area contributed by atoms with E-state index in [1.807, 2.05) is 0 Å². The predicted octanol–water partition coefficient (Wildman–Crippen LogP) is 3.97. The number of benzene rings is 2. The van der Waals surface area contributed by atoms with Gasteiger partial charge in [0.1, 0.15) is 17.8 Å². The summed E-state index contributed by atoms with van der Waals surface area (Å²) in [7, 11) is 0. The zero-order valence-electron chi connectivity index (χ0n) is 16.8. The Hall–Kier alpha value is -4.16. The van der Waals surface area contributed by atoms with E-state index in [4.69, 9.17) is 11.6 Å². The van der Waals surface area contributed by atoms with Gasteiger partial charge in [-0.25, -0.2) is 0 Å². The summed E-state index contributed by atoms with van der Waals surface area (Å²) in [6.07, 6.45) is 0. The first-order valence-electron chi connectivity index (χ1n) is 9.67. The summed E-state index contributed by atoms with van der Waals surface area (Å²) in [4.78, 5) is 63.5. The average molecular weight is 499 g/mol. The molecule has 0 bridgehead atoms. The van der Waals surface area contributed by atoms with Crippen molar-refractivity contribution in [2.24, 2.45) is 0 Å². The summed E-state index contributed by atoms with van der Waals surface area (Å²) in [6, 6.07) is 8.37. The van der Waals surface area contributed by atoms with Crippen LogP contribution in [0.4, 0.5) is 17.1 Å². The Morgan fingerprint density at radius 2 is 1.59 bits per heavy atom. The molecular formula is C21H11ClN4O7S. The van der Waals surface area contributed by atoms with Gasteiger partial charge in [-0.2, -0.15) is 0 Å². The van der Waals surface area contributed by atoms with E-state index in [1.165, 1.54) is 29.5 Å². The molecule has 3 amide bonds. The molecular weight excluding hydrogens is 488 g/mol. The molecule has 11 nitrogen and oxygen atoms in total. The summed E-state index contributed by atoms with van der Waals surface area (Å²) < 4.78 is 0. The van der Waals surface area contributed by atoms with E-state index in [0.29, 0.717) is 4.88 Å². The maximum absolute atomic E-state index is 13.4. The molecule has 0 aliphatic carbocycles. The number of anilines is 1. The molecule has 1 saturated heterocycles. The van der Waals surface area contributed by atoms with Gasteiger partial charge >= 0.3 is 0 Å². The number of carbonyl (C=O) groups excluding carboxylic acids is 3. The van der Waals surface area contributed by atoms with Crippen molar-refractivity contribution >= 4 is 57.7 Å². The highest BCUT2D eigenvalue weighted by atomic mass is 35.5. The van der Waals surface area contributed by atoms with Crippen molar-refractivity contribution in [2.45, 2.75) is 12.1 Å². The van der Waals surface area contributed by atoms with Gasteiger partial charge in [0.25, 0.3) is 29.1 Å². The molecule has 1 aromatic heterocycles. The van der Waals surface area contributed by atoms with Gasteiger partial charge in [-0.05, 0) is 29.6 Å². The highest BCUT2D eigenvalue weighted by Gasteiger charge is 2.58. The van der Waals surface area contributed by atoms with E-state index in [9.17, 15) is 34.6 Å². The van der Waals surface area contributed by atoms with Crippen molar-refractivity contribution in [3.8, 4) is 0 Å². The number of hydrogen-bond donors (Lipinski definition) is 0. The third-order valence-electron chi connectivity index (χ3n) is 5.69. The minimum absolute atomic E-state index is 0.0266. The first-order valence-corrected chi connectivity index (χ1v) is 10.9. The number of amides is 3. The lowest BCUT2D eigenvalue weighted by Crippen LogP contribution is -2.67. The highest BCUT2D eigenvalue weighted by molar-refractivity contribution is 7.10. The van der Waals surface area contributed by atoms with Crippen LogP contribution in [0, 0.1) is 20.2 Å². The fraction of sp³-hybridized carbons (Fsp3) is 0.0952. The molecule has 5 rings (SSSR count). The molecule has 34 heavy (non-hydrogen) atoms. The topological polar surface area (TPSA) is 144 Å². The number of fused-ring (bicyclic) bond motifs is 1. The smallest absolute Gasteiger partial charge is 0.293 e. The summed E-state index contributed by atoms with van der Waals surface area (Å²) in [5.74, 6) is -2.30. The second-order valence-corrected chi connectivity index (χ2v) is 8.89. The van der Waals surface area contributed by atoms with Gasteiger partial charge in [0.15, 0.2) is 0 Å². The van der Waals surface area contributed by atoms with Gasteiger partial charge in [-0.3, -0.25) is 44.4 Å². The van der Waals surface area contributed by atoms with E-state index < -0.39 is 45.3 Å². The summed E-state index contributed by atoms with van der Waals surface area (Å²) >= 11 is 7.16. The van der Waals surface area contributed by atoms with E-state index in [1.54, 1.807) is 17.5 Å². The molecule has 1 fully saturated rings. The molecule has 2 aliphatic heterocycles. The minimum atomic E-state index is -1.28. The summed E-state index contributed by atoms with van der Waals surface area (Å²) in [5, 5.41) is 24.6. The summed E-state index contributed by atoms with van der Waals surface area (Å²) in [5.41, 5.74) is -1.02. The number of rotatable bonds is 5. The second-order valence-electron chi connectivity index (χ2n) is 7.47. The van der Waals surface area contributed by atoms with Crippen LogP contribution in [0.1, 0.15) is 31.6 Å². The Balaban J connectivity index is 1.59. The van der Waals surface area contributed by atoms with Crippen molar-refractivity contribution in [2.75, 3.05) is 4.90 Å². The number of nitrogens with zero attached hydrogens (tertiary/aromatic N) is 4. The largest absolute Gasteiger partial charge is 0.294 e. The van der Waals surface area contributed by atoms with Crippen LogP contribution in [0.2, 0.25) is 5.02 Å². The van der Waals surface area contributed by atoms with Crippen LogP contribution in [0.5, 0.6) is 0 Å². The molecule has 170 valence electrons. The Morgan fingerprint density at radius 3 is 2.24 bits per heavy atom. The zero-order chi connectivity index (χ0) is 24.3. The fourth-order valence-corrected chi connectivity index (χ4v) is 5.21. The first-order chi connectivity index (χ1) is 16.2. The second kappa shape index (κ2) is 7.71. The molecule has 0 saturated carbocycles. The van der Waals surface area contributed by atoms with Crippen molar-refractivity contribution in [3.63, 3.8) is 0 Å². The van der Waals surface area contributed by atoms with E-state index in [2.05, 4.69) is 0 Å². The molecule has 2 atom stereocenters. The molecule has 3 heterocycles. The lowest BCUT2D eigenvalue weighted by Gasteiger charge is -2.48. The quantitative estimate of drug-likeness (QED) is 0.224. The van der Waals surface area contributed by atoms with Crippen LogP contribution < -0.4 is 4.90 Å². The number of halogens is 1. The van der Waals surface area contributed by atoms with Gasteiger partial charge in [-0.1, -0.05) is 17.7 Å². The van der Waals surface area contributed by atoms with Crippen LogP contribution >= 0.6 is 22.9 Å². The van der Waals surface area contributed by atoms with Gasteiger partial charge in [0.05, 0.1) is 21.0 Å². The molecule has 0 N–H and O–H groups in total. The van der Waals surface area contributed by atoms with E-state index in [0.717, 1.165) is 28.0 Å². The van der Waals surface area contributed by atoms with Gasteiger partial charge < -0.3 is 0 Å². The first kappa shape index (κ1) is 21.7. The van der Waals surface area contributed by atoms with Crippen molar-refractivity contribution in [1.29, 1.82) is 0 Å². The SMILES string of the molecule is O=C1c2ccc([N+](=O)[O-])cc2C(=O)N1[C@@H]1C(=O)N(c2ccc(Cl)cc2[N+](=O)[O-])[C@H]1c1cccs1. The summed E-state index contributed by atoms with van der Waals surface area (Å²) in [6.45, 7) is 0. The predicted molar refractivity (Wildman–Crippen MR) is 120 cm³/mol. The molecule has 3 aromatic rings. The van der Waals surface area contributed by atoms with Crippen LogP contribution in [0.25, 0.3) is 0 Å². The number of non-ortho nitro benzene ring substituents is 1. The number of hydrogen-bond acceptors (Lipinski definition) is 8. The van der Waals surface area contributed by atoms with Crippen molar-refractivity contribution in [1.82, 2.24) is 4.90 Å². The van der Waals surface area contributed by atoms with Crippen molar-refractivity contribution in [3.05, 3.63) is 95.2 Å². The lowest BCUT2D eigenvalue weighted by atomic mass is 9.90. The zero-order valence-corrected chi connectivity index (χ0v) is 18.4. The fourth-order valence-electron chi connectivity index (χ4n) is 4.20. The number of β-lactam (4-membered cyclic amide) rings is 1. The van der Waals surface area contributed by atoms with Gasteiger partial charge in [0, 0.05) is 28.1 Å². The number of thiophene rings is 1. The highest BCUT2D eigenvalue weighted by Crippen LogP contribution is 2.48. The van der Waals surface area contributed by atoms with E-state index in [-0.39, 0.29) is 27.5 Å². The maximum Gasteiger partial charge on any atom is 0.294 e. The molecule has 2 aromatic carbocycles. The number of imide groups is 1.